The third kappa shape index (κ3) is 1.08. The van der Waals surface area contributed by atoms with Gasteiger partial charge in [-0.25, -0.2) is 0 Å². The molecule has 0 aliphatic heterocycles. The fourth-order valence-electron chi connectivity index (χ4n) is 2.74. The summed E-state index contributed by atoms with van der Waals surface area (Å²) >= 11 is 0. The lowest BCUT2D eigenvalue weighted by molar-refractivity contribution is -0.118. The van der Waals surface area contributed by atoms with Gasteiger partial charge in [0.1, 0.15) is 5.78 Å². The van der Waals surface area contributed by atoms with Crippen LogP contribution in [0.3, 0.4) is 0 Å². The smallest absolute Gasteiger partial charge is 0.133 e. The molecule has 0 bridgehead atoms. The van der Waals surface area contributed by atoms with Gasteiger partial charge >= 0.3 is 0 Å². The standard InChI is InChI=1S/C9H14O3/c10-4-8-7-3-6(11)1-5(7)2-9(8)12/h5,7-10,12H,1-4H2/t5-,7-,8-,9-/m1/s1. The lowest BCUT2D eigenvalue weighted by Gasteiger charge is -2.16. The van der Waals surface area contributed by atoms with Crippen LogP contribution in [0.2, 0.25) is 0 Å². The van der Waals surface area contributed by atoms with Crippen LogP contribution in [0.4, 0.5) is 0 Å². The molecule has 68 valence electrons. The van der Waals surface area contributed by atoms with Crippen molar-refractivity contribution in [2.45, 2.75) is 25.4 Å². The Kier molecular flexibility index (Phi) is 1.93. The van der Waals surface area contributed by atoms with E-state index in [1.165, 1.54) is 0 Å². The van der Waals surface area contributed by atoms with Crippen LogP contribution >= 0.6 is 0 Å². The molecule has 0 aromatic heterocycles. The minimum atomic E-state index is -0.377. The van der Waals surface area contributed by atoms with Crippen LogP contribution in [0.15, 0.2) is 0 Å². The van der Waals surface area contributed by atoms with E-state index in [0.29, 0.717) is 31.0 Å². The van der Waals surface area contributed by atoms with Gasteiger partial charge in [-0.15, -0.1) is 0 Å². The number of fused-ring (bicyclic) bond motifs is 1. The minimum Gasteiger partial charge on any atom is -0.396 e. The second kappa shape index (κ2) is 2.82. The van der Waals surface area contributed by atoms with Gasteiger partial charge in [0.05, 0.1) is 6.10 Å². The number of Topliss-reactive ketones (excluding diaryl/α,β-unsaturated/α-hetero) is 1. The summed E-state index contributed by atoms with van der Waals surface area (Å²) in [4.78, 5) is 11.1. The topological polar surface area (TPSA) is 57.5 Å². The van der Waals surface area contributed by atoms with Gasteiger partial charge in [0.2, 0.25) is 0 Å². The van der Waals surface area contributed by atoms with Crippen LogP contribution in [-0.2, 0) is 4.79 Å². The summed E-state index contributed by atoms with van der Waals surface area (Å²) in [6.07, 6.45) is 1.53. The number of aliphatic hydroxyl groups excluding tert-OH is 2. The molecule has 0 saturated heterocycles. The van der Waals surface area contributed by atoms with E-state index < -0.39 is 0 Å². The number of aliphatic hydroxyl groups is 2. The molecule has 0 spiro atoms. The number of carbonyl (C=O) groups excluding carboxylic acids is 1. The van der Waals surface area contributed by atoms with Crippen LogP contribution in [0.5, 0.6) is 0 Å². The Balaban J connectivity index is 2.11. The minimum absolute atomic E-state index is 0.0234. The Labute approximate surface area is 71.4 Å². The lowest BCUT2D eigenvalue weighted by Crippen LogP contribution is -2.23. The quantitative estimate of drug-likeness (QED) is 0.580. The Morgan fingerprint density at radius 3 is 2.83 bits per heavy atom. The van der Waals surface area contributed by atoms with Crippen LogP contribution in [0, 0.1) is 17.8 Å². The van der Waals surface area contributed by atoms with E-state index >= 15 is 0 Å². The molecule has 2 aliphatic carbocycles. The van der Waals surface area contributed by atoms with E-state index in [1.54, 1.807) is 0 Å². The first kappa shape index (κ1) is 8.20. The molecule has 12 heavy (non-hydrogen) atoms. The normalized spacial score (nSPS) is 46.7. The second-order valence-corrected chi connectivity index (χ2v) is 4.02. The molecule has 2 N–H and O–H groups in total. The van der Waals surface area contributed by atoms with E-state index in [2.05, 4.69) is 0 Å². The summed E-state index contributed by atoms with van der Waals surface area (Å²) in [6.45, 7) is 0.0234. The number of carbonyl (C=O) groups is 1. The molecule has 0 aromatic rings. The molecule has 4 atom stereocenters. The molecule has 2 rings (SSSR count). The Morgan fingerprint density at radius 1 is 1.42 bits per heavy atom. The molecule has 3 heteroatoms. The van der Waals surface area contributed by atoms with Gasteiger partial charge in [0.25, 0.3) is 0 Å². The first-order valence-corrected chi connectivity index (χ1v) is 4.53. The van der Waals surface area contributed by atoms with E-state index in [4.69, 9.17) is 5.11 Å². The van der Waals surface area contributed by atoms with Crippen LogP contribution < -0.4 is 0 Å². The molecule has 3 nitrogen and oxygen atoms in total. The average molecular weight is 170 g/mol. The monoisotopic (exact) mass is 170 g/mol. The lowest BCUT2D eigenvalue weighted by atomic mass is 9.92. The van der Waals surface area contributed by atoms with Crippen molar-refractivity contribution in [3.05, 3.63) is 0 Å². The maximum atomic E-state index is 11.1. The summed E-state index contributed by atoms with van der Waals surface area (Å²) in [5.74, 6) is 0.874. The average Bonchev–Trinajstić information content (AvgIpc) is 2.43. The maximum absolute atomic E-state index is 11.1. The van der Waals surface area contributed by atoms with Crippen molar-refractivity contribution in [3.63, 3.8) is 0 Å². The number of hydrogen-bond acceptors (Lipinski definition) is 3. The summed E-state index contributed by atoms with van der Waals surface area (Å²) in [5, 5.41) is 18.5. The fourth-order valence-corrected chi connectivity index (χ4v) is 2.74. The van der Waals surface area contributed by atoms with Gasteiger partial charge < -0.3 is 10.2 Å². The van der Waals surface area contributed by atoms with Gasteiger partial charge in [-0.2, -0.15) is 0 Å². The maximum Gasteiger partial charge on any atom is 0.133 e. The largest absolute Gasteiger partial charge is 0.396 e. The first-order chi connectivity index (χ1) is 5.72. The Bertz CT molecular complexity index is 202. The van der Waals surface area contributed by atoms with Crippen molar-refractivity contribution in [1.29, 1.82) is 0 Å². The van der Waals surface area contributed by atoms with E-state index in [1.807, 2.05) is 0 Å². The zero-order valence-electron chi connectivity index (χ0n) is 6.94. The van der Waals surface area contributed by atoms with Crippen LogP contribution in [0.25, 0.3) is 0 Å². The van der Waals surface area contributed by atoms with Gasteiger partial charge in [0, 0.05) is 25.4 Å². The van der Waals surface area contributed by atoms with Gasteiger partial charge in [-0.05, 0) is 18.3 Å². The summed E-state index contributed by atoms with van der Waals surface area (Å²) < 4.78 is 0. The Morgan fingerprint density at radius 2 is 2.17 bits per heavy atom. The summed E-state index contributed by atoms with van der Waals surface area (Å²) in [7, 11) is 0. The van der Waals surface area contributed by atoms with Crippen molar-refractivity contribution in [2.24, 2.45) is 17.8 Å². The zero-order chi connectivity index (χ0) is 8.72. The highest BCUT2D eigenvalue weighted by Crippen LogP contribution is 2.45. The number of rotatable bonds is 1. The van der Waals surface area contributed by atoms with Crippen molar-refractivity contribution < 1.29 is 15.0 Å². The molecular weight excluding hydrogens is 156 g/mol. The van der Waals surface area contributed by atoms with Crippen molar-refractivity contribution in [3.8, 4) is 0 Å². The molecule has 2 fully saturated rings. The van der Waals surface area contributed by atoms with E-state index in [9.17, 15) is 9.90 Å². The number of ketones is 1. The second-order valence-electron chi connectivity index (χ2n) is 4.02. The highest BCUT2D eigenvalue weighted by Gasteiger charge is 2.47. The van der Waals surface area contributed by atoms with Gasteiger partial charge in [-0.3, -0.25) is 4.79 Å². The fraction of sp³-hybridized carbons (Fsp3) is 0.889. The van der Waals surface area contributed by atoms with Gasteiger partial charge in [-0.1, -0.05) is 0 Å². The van der Waals surface area contributed by atoms with Crippen molar-refractivity contribution in [2.75, 3.05) is 6.61 Å². The summed E-state index contributed by atoms with van der Waals surface area (Å²) in [5.41, 5.74) is 0. The predicted octanol–water partition coefficient (Wildman–Crippen LogP) is -0.0452. The molecule has 2 aliphatic rings. The first-order valence-electron chi connectivity index (χ1n) is 4.53. The highest BCUT2D eigenvalue weighted by molar-refractivity contribution is 5.81. The molecule has 0 amide bonds. The SMILES string of the molecule is O=C1C[C@@H]2C[C@@H](O)[C@H](CO)[C@@H]2C1. The van der Waals surface area contributed by atoms with E-state index in [-0.39, 0.29) is 24.5 Å². The third-order valence-electron chi connectivity index (χ3n) is 3.36. The molecule has 0 unspecified atom stereocenters. The van der Waals surface area contributed by atoms with E-state index in [0.717, 1.165) is 0 Å². The summed E-state index contributed by atoms with van der Waals surface area (Å²) in [6, 6.07) is 0. The Hall–Kier alpha value is -0.410. The predicted molar refractivity (Wildman–Crippen MR) is 42.4 cm³/mol. The van der Waals surface area contributed by atoms with Crippen molar-refractivity contribution >= 4 is 5.78 Å². The molecular formula is C9H14O3. The zero-order valence-corrected chi connectivity index (χ0v) is 6.94. The molecule has 0 radical (unpaired) electrons. The number of hydrogen-bond donors (Lipinski definition) is 2. The molecule has 0 heterocycles. The molecule has 2 saturated carbocycles. The van der Waals surface area contributed by atoms with Crippen molar-refractivity contribution in [1.82, 2.24) is 0 Å². The molecule has 0 aromatic carbocycles. The highest BCUT2D eigenvalue weighted by atomic mass is 16.3. The van der Waals surface area contributed by atoms with Gasteiger partial charge in [0.15, 0.2) is 0 Å². The van der Waals surface area contributed by atoms with Crippen LogP contribution in [0.1, 0.15) is 19.3 Å². The van der Waals surface area contributed by atoms with Crippen LogP contribution in [-0.4, -0.2) is 28.7 Å². The third-order valence-corrected chi connectivity index (χ3v) is 3.36.